The molecule has 174 valence electrons. The number of nitrogens with zero attached hydrogens (tertiary/aromatic N) is 1. The molecular weight excluding hydrogens is 432 g/mol. The molecule has 0 unspecified atom stereocenters. The van der Waals surface area contributed by atoms with E-state index in [9.17, 15) is 14.4 Å². The van der Waals surface area contributed by atoms with E-state index in [4.69, 9.17) is 9.47 Å². The minimum Gasteiger partial charge on any atom is -0.497 e. The van der Waals surface area contributed by atoms with Crippen molar-refractivity contribution in [3.8, 4) is 5.75 Å². The number of carbonyl (C=O) groups is 3. The zero-order valence-electron chi connectivity index (χ0n) is 19.0. The highest BCUT2D eigenvalue weighted by molar-refractivity contribution is 6.04. The van der Waals surface area contributed by atoms with Crippen molar-refractivity contribution in [1.29, 1.82) is 0 Å². The summed E-state index contributed by atoms with van der Waals surface area (Å²) in [5, 5.41) is 2.83. The number of methoxy groups -OCH3 is 1. The SMILES string of the molecule is COc1ccc(NC(=O)c2ccc(COC(=O)c3ccc(CN4CCCC4=O)cc3)cc2)cc1. The topological polar surface area (TPSA) is 84.9 Å². The number of likely N-dealkylation sites (tertiary alicyclic amines) is 1. The van der Waals surface area contributed by atoms with Gasteiger partial charge in [0.2, 0.25) is 5.91 Å². The summed E-state index contributed by atoms with van der Waals surface area (Å²) in [6, 6.07) is 21.1. The minimum absolute atomic E-state index is 0.100. The van der Waals surface area contributed by atoms with E-state index in [2.05, 4.69) is 5.32 Å². The third kappa shape index (κ3) is 5.81. The Morgan fingerprint density at radius 1 is 0.882 bits per heavy atom. The van der Waals surface area contributed by atoms with Crippen LogP contribution in [0.5, 0.6) is 5.75 Å². The van der Waals surface area contributed by atoms with Crippen LogP contribution in [0.1, 0.15) is 44.7 Å². The van der Waals surface area contributed by atoms with Gasteiger partial charge in [-0.2, -0.15) is 0 Å². The number of amides is 2. The summed E-state index contributed by atoms with van der Waals surface area (Å²) in [5.41, 5.74) is 3.38. The number of anilines is 1. The van der Waals surface area contributed by atoms with Crippen molar-refractivity contribution >= 4 is 23.5 Å². The summed E-state index contributed by atoms with van der Waals surface area (Å²) in [7, 11) is 1.59. The van der Waals surface area contributed by atoms with E-state index < -0.39 is 5.97 Å². The second-order valence-corrected chi connectivity index (χ2v) is 8.07. The summed E-state index contributed by atoms with van der Waals surface area (Å²) in [5.74, 6) is 0.230. The molecule has 3 aromatic rings. The van der Waals surface area contributed by atoms with Crippen molar-refractivity contribution in [3.05, 3.63) is 95.1 Å². The molecule has 1 aliphatic heterocycles. The summed E-state index contributed by atoms with van der Waals surface area (Å²) in [6.07, 6.45) is 1.51. The van der Waals surface area contributed by atoms with Crippen LogP contribution in [0.3, 0.4) is 0 Å². The molecule has 1 aliphatic rings. The van der Waals surface area contributed by atoms with E-state index in [-0.39, 0.29) is 18.4 Å². The first kappa shape index (κ1) is 23.0. The maximum absolute atomic E-state index is 12.4. The number of hydrogen-bond donors (Lipinski definition) is 1. The van der Waals surface area contributed by atoms with Crippen LogP contribution in [-0.2, 0) is 22.7 Å². The Morgan fingerprint density at radius 3 is 2.15 bits per heavy atom. The standard InChI is InChI=1S/C27H26N2O5/c1-33-24-14-12-23(13-15-24)28-26(31)21-8-6-20(7-9-21)18-34-27(32)22-10-4-19(5-11-22)17-29-16-2-3-25(29)30/h4-15H,2-3,16-18H2,1H3,(H,28,31). The molecule has 7 heteroatoms. The molecule has 1 fully saturated rings. The molecule has 1 N–H and O–H groups in total. The van der Waals surface area contributed by atoms with Crippen molar-refractivity contribution in [2.45, 2.75) is 26.0 Å². The number of ether oxygens (including phenoxy) is 2. The van der Waals surface area contributed by atoms with Gasteiger partial charge < -0.3 is 19.7 Å². The molecule has 0 atom stereocenters. The molecule has 34 heavy (non-hydrogen) atoms. The van der Waals surface area contributed by atoms with Crippen LogP contribution >= 0.6 is 0 Å². The molecule has 0 radical (unpaired) electrons. The van der Waals surface area contributed by atoms with E-state index in [1.54, 1.807) is 67.8 Å². The van der Waals surface area contributed by atoms with Gasteiger partial charge in [-0.25, -0.2) is 4.79 Å². The van der Waals surface area contributed by atoms with Crippen LogP contribution in [-0.4, -0.2) is 36.3 Å². The highest BCUT2D eigenvalue weighted by Crippen LogP contribution is 2.17. The van der Waals surface area contributed by atoms with Crippen LogP contribution in [0.15, 0.2) is 72.8 Å². The van der Waals surface area contributed by atoms with Crippen molar-refractivity contribution in [2.75, 3.05) is 19.0 Å². The maximum atomic E-state index is 12.4. The summed E-state index contributed by atoms with van der Waals surface area (Å²) in [4.78, 5) is 38.4. The molecule has 1 heterocycles. The fourth-order valence-corrected chi connectivity index (χ4v) is 3.70. The lowest BCUT2D eigenvalue weighted by molar-refractivity contribution is -0.128. The number of benzene rings is 3. The maximum Gasteiger partial charge on any atom is 0.338 e. The van der Waals surface area contributed by atoms with Gasteiger partial charge in [-0.1, -0.05) is 24.3 Å². The normalized spacial score (nSPS) is 13.0. The molecule has 3 aromatic carbocycles. The largest absolute Gasteiger partial charge is 0.497 e. The third-order valence-corrected chi connectivity index (χ3v) is 5.67. The Hall–Kier alpha value is -4.13. The quantitative estimate of drug-likeness (QED) is 0.505. The molecule has 0 spiro atoms. The zero-order valence-corrected chi connectivity index (χ0v) is 19.0. The predicted molar refractivity (Wildman–Crippen MR) is 128 cm³/mol. The van der Waals surface area contributed by atoms with Crippen molar-refractivity contribution < 1.29 is 23.9 Å². The fraction of sp³-hybridized carbons (Fsp3) is 0.222. The van der Waals surface area contributed by atoms with Gasteiger partial charge in [0.15, 0.2) is 0 Å². The fourth-order valence-electron chi connectivity index (χ4n) is 3.70. The third-order valence-electron chi connectivity index (χ3n) is 5.67. The lowest BCUT2D eigenvalue weighted by Gasteiger charge is -2.15. The van der Waals surface area contributed by atoms with Gasteiger partial charge in [0.1, 0.15) is 12.4 Å². The van der Waals surface area contributed by atoms with Gasteiger partial charge >= 0.3 is 5.97 Å². The molecule has 0 aromatic heterocycles. The molecule has 1 saturated heterocycles. The smallest absolute Gasteiger partial charge is 0.338 e. The number of esters is 1. The number of carbonyl (C=O) groups excluding carboxylic acids is 3. The second-order valence-electron chi connectivity index (χ2n) is 8.07. The molecule has 4 rings (SSSR count). The summed E-state index contributed by atoms with van der Waals surface area (Å²) < 4.78 is 10.5. The van der Waals surface area contributed by atoms with Crippen LogP contribution in [0, 0.1) is 0 Å². The highest BCUT2D eigenvalue weighted by Gasteiger charge is 2.20. The van der Waals surface area contributed by atoms with Crippen LogP contribution < -0.4 is 10.1 Å². The van der Waals surface area contributed by atoms with Gasteiger partial charge in [-0.15, -0.1) is 0 Å². The minimum atomic E-state index is -0.426. The van der Waals surface area contributed by atoms with Gasteiger partial charge in [0.25, 0.3) is 5.91 Å². The van der Waals surface area contributed by atoms with E-state index in [1.807, 2.05) is 17.0 Å². The summed E-state index contributed by atoms with van der Waals surface area (Å²) in [6.45, 7) is 1.44. The highest BCUT2D eigenvalue weighted by atomic mass is 16.5. The first-order chi connectivity index (χ1) is 16.5. The molecule has 0 bridgehead atoms. The van der Waals surface area contributed by atoms with Gasteiger partial charge in [0.05, 0.1) is 12.7 Å². The number of nitrogens with one attached hydrogen (secondary N) is 1. The first-order valence-electron chi connectivity index (χ1n) is 11.1. The Kier molecular flexibility index (Phi) is 7.22. The Bertz CT molecular complexity index is 1160. The van der Waals surface area contributed by atoms with E-state index in [0.717, 1.165) is 24.1 Å². The molecule has 0 aliphatic carbocycles. The van der Waals surface area contributed by atoms with Crippen LogP contribution in [0.25, 0.3) is 0 Å². The lowest BCUT2D eigenvalue weighted by Crippen LogP contribution is -2.23. The number of hydrogen-bond acceptors (Lipinski definition) is 5. The van der Waals surface area contributed by atoms with Crippen molar-refractivity contribution in [2.24, 2.45) is 0 Å². The summed E-state index contributed by atoms with van der Waals surface area (Å²) >= 11 is 0. The van der Waals surface area contributed by atoms with E-state index in [1.165, 1.54) is 0 Å². The molecule has 7 nitrogen and oxygen atoms in total. The zero-order chi connectivity index (χ0) is 23.9. The lowest BCUT2D eigenvalue weighted by atomic mass is 10.1. The molecule has 2 amide bonds. The monoisotopic (exact) mass is 458 g/mol. The van der Waals surface area contributed by atoms with Crippen molar-refractivity contribution in [1.82, 2.24) is 4.90 Å². The average molecular weight is 459 g/mol. The van der Waals surface area contributed by atoms with E-state index >= 15 is 0 Å². The van der Waals surface area contributed by atoms with E-state index in [0.29, 0.717) is 35.5 Å². The first-order valence-corrected chi connectivity index (χ1v) is 11.1. The Balaban J connectivity index is 1.27. The van der Waals surface area contributed by atoms with Gasteiger partial charge in [-0.3, -0.25) is 9.59 Å². The van der Waals surface area contributed by atoms with Crippen LogP contribution in [0.2, 0.25) is 0 Å². The predicted octanol–water partition coefficient (Wildman–Crippen LogP) is 4.43. The van der Waals surface area contributed by atoms with Gasteiger partial charge in [0, 0.05) is 30.8 Å². The number of rotatable bonds is 8. The van der Waals surface area contributed by atoms with Crippen LogP contribution in [0.4, 0.5) is 5.69 Å². The Labute approximate surface area is 198 Å². The Morgan fingerprint density at radius 2 is 1.53 bits per heavy atom. The molecule has 0 saturated carbocycles. The average Bonchev–Trinajstić information content (AvgIpc) is 3.27. The van der Waals surface area contributed by atoms with Gasteiger partial charge in [-0.05, 0) is 66.1 Å². The molecular formula is C27H26N2O5. The van der Waals surface area contributed by atoms with Crippen molar-refractivity contribution in [3.63, 3.8) is 0 Å². The second kappa shape index (κ2) is 10.7.